The van der Waals surface area contributed by atoms with Crippen LogP contribution in [0.3, 0.4) is 0 Å². The minimum atomic E-state index is -0.926. The fourth-order valence-electron chi connectivity index (χ4n) is 3.72. The predicted octanol–water partition coefficient (Wildman–Crippen LogP) is 5.60. The van der Waals surface area contributed by atoms with Crippen molar-refractivity contribution in [1.82, 2.24) is 0 Å². The third-order valence-corrected chi connectivity index (χ3v) is 5.34. The second kappa shape index (κ2) is 10.3. The van der Waals surface area contributed by atoms with Gasteiger partial charge in [0.05, 0.1) is 0 Å². The van der Waals surface area contributed by atoms with Crippen molar-refractivity contribution in [1.29, 1.82) is 0 Å². The van der Waals surface area contributed by atoms with Gasteiger partial charge < -0.3 is 10.2 Å². The van der Waals surface area contributed by atoms with E-state index in [9.17, 15) is 4.79 Å². The smallest absolute Gasteiger partial charge is 0.328 e. The van der Waals surface area contributed by atoms with Gasteiger partial charge in [-0.25, -0.2) is 4.79 Å². The summed E-state index contributed by atoms with van der Waals surface area (Å²) in [5.74, 6) is -0.323. The lowest BCUT2D eigenvalue weighted by molar-refractivity contribution is -0.131. The van der Waals surface area contributed by atoms with Crippen LogP contribution in [0.2, 0.25) is 0 Å². The van der Waals surface area contributed by atoms with Crippen molar-refractivity contribution in [2.45, 2.75) is 60.3 Å². The predicted molar refractivity (Wildman–Crippen MR) is 109 cm³/mol. The topological polar surface area (TPSA) is 57.5 Å². The average molecular weight is 359 g/mol. The summed E-state index contributed by atoms with van der Waals surface area (Å²) in [4.78, 5) is 10.6. The number of hydrogen-bond acceptors (Lipinski definition) is 2. The Labute approximate surface area is 158 Å². The minimum Gasteiger partial charge on any atom is -0.478 e. The quantitative estimate of drug-likeness (QED) is 0.438. The van der Waals surface area contributed by atoms with Gasteiger partial charge >= 0.3 is 5.97 Å². The first kappa shape index (κ1) is 22.2. The maximum atomic E-state index is 10.6. The Bertz CT molecular complexity index is 642. The first-order chi connectivity index (χ1) is 12.2. The highest BCUT2D eigenvalue weighted by Gasteiger charge is 2.35. The molecule has 0 heterocycles. The van der Waals surface area contributed by atoms with Gasteiger partial charge in [-0.2, -0.15) is 0 Å². The van der Waals surface area contributed by atoms with Crippen LogP contribution < -0.4 is 0 Å². The highest BCUT2D eigenvalue weighted by Crippen LogP contribution is 2.47. The number of aliphatic hydroxyl groups excluding tert-OH is 1. The largest absolute Gasteiger partial charge is 0.478 e. The summed E-state index contributed by atoms with van der Waals surface area (Å²) < 4.78 is 0. The Kier molecular flexibility index (Phi) is 8.80. The molecule has 26 heavy (non-hydrogen) atoms. The van der Waals surface area contributed by atoms with Gasteiger partial charge in [-0.05, 0) is 68.9 Å². The van der Waals surface area contributed by atoms with Crippen LogP contribution in [-0.4, -0.2) is 22.8 Å². The van der Waals surface area contributed by atoms with Crippen molar-refractivity contribution < 1.29 is 15.0 Å². The molecule has 0 saturated heterocycles. The van der Waals surface area contributed by atoms with E-state index in [1.807, 2.05) is 19.1 Å². The first-order valence-electron chi connectivity index (χ1n) is 9.43. The summed E-state index contributed by atoms with van der Waals surface area (Å²) in [5, 5.41) is 17.9. The molecule has 0 radical (unpaired) electrons. The van der Waals surface area contributed by atoms with Crippen molar-refractivity contribution in [2.75, 3.05) is 6.61 Å². The molecule has 0 aromatic heterocycles. The van der Waals surface area contributed by atoms with E-state index in [0.29, 0.717) is 11.5 Å². The van der Waals surface area contributed by atoms with E-state index in [4.69, 9.17) is 10.2 Å². The van der Waals surface area contributed by atoms with Gasteiger partial charge in [0.2, 0.25) is 0 Å². The molecular formula is C23H34O3. The second-order valence-electron chi connectivity index (χ2n) is 7.85. The summed E-state index contributed by atoms with van der Waals surface area (Å²) in [6.07, 6.45) is 15.5. The number of aliphatic hydroxyl groups is 1. The molecule has 0 amide bonds. The Hall–Kier alpha value is -1.87. The Morgan fingerprint density at radius 1 is 1.23 bits per heavy atom. The van der Waals surface area contributed by atoms with E-state index in [2.05, 4.69) is 32.9 Å². The molecule has 0 bridgehead atoms. The molecular weight excluding hydrogens is 324 g/mol. The number of carboxylic acid groups (broad SMARTS) is 1. The summed E-state index contributed by atoms with van der Waals surface area (Å²) in [7, 11) is 0. The monoisotopic (exact) mass is 358 g/mol. The van der Waals surface area contributed by atoms with Crippen molar-refractivity contribution in [3.8, 4) is 0 Å². The molecule has 1 rings (SSSR count). The molecule has 0 saturated carbocycles. The average Bonchev–Trinajstić information content (AvgIpc) is 2.52. The normalized spacial score (nSPS) is 21.8. The van der Waals surface area contributed by atoms with E-state index < -0.39 is 5.97 Å². The summed E-state index contributed by atoms with van der Waals surface area (Å²) >= 11 is 0. The molecule has 3 nitrogen and oxygen atoms in total. The van der Waals surface area contributed by atoms with Gasteiger partial charge in [0, 0.05) is 12.7 Å². The molecule has 144 valence electrons. The van der Waals surface area contributed by atoms with E-state index in [0.717, 1.165) is 24.8 Å². The number of rotatable bonds is 8. The zero-order chi connectivity index (χ0) is 19.7. The van der Waals surface area contributed by atoms with Gasteiger partial charge in [-0.3, -0.25) is 0 Å². The molecule has 0 aliphatic heterocycles. The molecule has 0 fully saturated rings. The van der Waals surface area contributed by atoms with Gasteiger partial charge in [0.25, 0.3) is 0 Å². The molecule has 1 aliphatic carbocycles. The highest BCUT2D eigenvalue weighted by atomic mass is 16.4. The molecule has 0 aromatic carbocycles. The first-order valence-corrected chi connectivity index (χ1v) is 9.43. The van der Waals surface area contributed by atoms with Gasteiger partial charge in [0.1, 0.15) is 0 Å². The molecule has 1 atom stereocenters. The third kappa shape index (κ3) is 6.80. The maximum absolute atomic E-state index is 10.6. The van der Waals surface area contributed by atoms with Crippen LogP contribution in [0.4, 0.5) is 0 Å². The van der Waals surface area contributed by atoms with E-state index in [1.54, 1.807) is 13.0 Å². The molecule has 1 aliphatic rings. The van der Waals surface area contributed by atoms with Gasteiger partial charge in [-0.15, -0.1) is 0 Å². The lowest BCUT2D eigenvalue weighted by Gasteiger charge is -2.41. The number of allylic oxidation sites excluding steroid dienone is 9. The zero-order valence-electron chi connectivity index (χ0n) is 16.9. The molecule has 1 unspecified atom stereocenters. The zero-order valence-corrected chi connectivity index (χ0v) is 16.9. The highest BCUT2D eigenvalue weighted by molar-refractivity contribution is 5.81. The summed E-state index contributed by atoms with van der Waals surface area (Å²) in [6.45, 7) is 10.9. The Morgan fingerprint density at radius 3 is 2.54 bits per heavy atom. The second-order valence-corrected chi connectivity index (χ2v) is 7.85. The molecule has 0 aromatic rings. The van der Waals surface area contributed by atoms with E-state index in [1.165, 1.54) is 23.6 Å². The maximum Gasteiger partial charge on any atom is 0.328 e. The van der Waals surface area contributed by atoms with Crippen LogP contribution in [0.15, 0.2) is 58.7 Å². The fraction of sp³-hybridized carbons (Fsp3) is 0.522. The van der Waals surface area contributed by atoms with Gasteiger partial charge in [0.15, 0.2) is 0 Å². The molecule has 3 heteroatoms. The fourth-order valence-corrected chi connectivity index (χ4v) is 3.72. The number of aliphatic carboxylic acids is 1. The molecule has 2 N–H and O–H groups in total. The van der Waals surface area contributed by atoms with Crippen molar-refractivity contribution >= 4 is 5.97 Å². The van der Waals surface area contributed by atoms with Crippen LogP contribution in [-0.2, 0) is 4.79 Å². The third-order valence-electron chi connectivity index (χ3n) is 5.34. The Balaban J connectivity index is 2.88. The number of carbonyl (C=O) groups is 1. The van der Waals surface area contributed by atoms with Crippen LogP contribution in [0.1, 0.15) is 60.3 Å². The SMILES string of the molecule is CC1=C(/C=C/C(C)=C/C=C/C(C)=C/C(=O)O)C(C)(C)C(CCCO)CC1. The minimum absolute atomic E-state index is 0.116. The van der Waals surface area contributed by atoms with Crippen molar-refractivity contribution in [2.24, 2.45) is 11.3 Å². The van der Waals surface area contributed by atoms with Crippen LogP contribution in [0, 0.1) is 11.3 Å². The summed E-state index contributed by atoms with van der Waals surface area (Å²) in [6, 6.07) is 0. The van der Waals surface area contributed by atoms with Crippen LogP contribution in [0.5, 0.6) is 0 Å². The number of hydrogen-bond donors (Lipinski definition) is 2. The summed E-state index contributed by atoms with van der Waals surface area (Å²) in [5.41, 5.74) is 4.81. The number of carboxylic acids is 1. The lowest BCUT2D eigenvalue weighted by Crippen LogP contribution is -2.30. The molecule has 0 spiro atoms. The van der Waals surface area contributed by atoms with Crippen molar-refractivity contribution in [3.63, 3.8) is 0 Å². The van der Waals surface area contributed by atoms with Crippen LogP contribution in [0.25, 0.3) is 0 Å². The van der Waals surface area contributed by atoms with Crippen molar-refractivity contribution in [3.05, 3.63) is 58.7 Å². The van der Waals surface area contributed by atoms with Gasteiger partial charge in [-0.1, -0.05) is 55.4 Å². The lowest BCUT2D eigenvalue weighted by atomic mass is 9.64. The van der Waals surface area contributed by atoms with E-state index in [-0.39, 0.29) is 12.0 Å². The standard InChI is InChI=1S/C23H34O3/c1-17(8-6-9-18(2)16-22(25)26)11-14-21-19(3)12-13-20(10-7-15-24)23(21,4)5/h6,8-9,11,14,16,20,24H,7,10,12-13,15H2,1-5H3,(H,25,26)/b9-6+,14-11+,17-8+,18-16+. The van der Waals surface area contributed by atoms with E-state index >= 15 is 0 Å². The Morgan fingerprint density at radius 2 is 1.92 bits per heavy atom. The van der Waals surface area contributed by atoms with Crippen LogP contribution >= 0.6 is 0 Å².